The Kier molecular flexibility index (Phi) is 4.03. The number of benzene rings is 2. The summed E-state index contributed by atoms with van der Waals surface area (Å²) in [7, 11) is -3.59. The molecular formula is C21H21N3O3S. The summed E-state index contributed by atoms with van der Waals surface area (Å²) in [6.07, 6.45) is 2.07. The molecule has 5 rings (SSSR count). The number of H-pyrrole nitrogens is 1. The molecule has 0 atom stereocenters. The van der Waals surface area contributed by atoms with Gasteiger partial charge >= 0.3 is 0 Å². The molecule has 0 bridgehead atoms. The van der Waals surface area contributed by atoms with Crippen LogP contribution in [0.2, 0.25) is 0 Å². The minimum atomic E-state index is -3.59. The first-order valence-corrected chi connectivity index (χ1v) is 11.0. The van der Waals surface area contributed by atoms with Crippen molar-refractivity contribution in [2.45, 2.75) is 30.7 Å². The van der Waals surface area contributed by atoms with Gasteiger partial charge in [-0.2, -0.15) is 4.31 Å². The predicted octanol–water partition coefficient (Wildman–Crippen LogP) is 3.04. The largest absolute Gasteiger partial charge is 0.358 e. The monoisotopic (exact) mass is 395 g/mol. The highest BCUT2D eigenvalue weighted by Crippen LogP contribution is 2.31. The molecule has 3 heterocycles. The Bertz CT molecular complexity index is 1170. The van der Waals surface area contributed by atoms with E-state index >= 15 is 0 Å². The van der Waals surface area contributed by atoms with Crippen LogP contribution in [0.15, 0.2) is 53.4 Å². The van der Waals surface area contributed by atoms with Crippen LogP contribution in [0.4, 0.5) is 5.69 Å². The van der Waals surface area contributed by atoms with Gasteiger partial charge in [-0.1, -0.05) is 18.2 Å². The van der Waals surface area contributed by atoms with Crippen molar-refractivity contribution in [1.82, 2.24) is 9.29 Å². The van der Waals surface area contributed by atoms with E-state index < -0.39 is 10.0 Å². The molecule has 3 aromatic rings. The number of amides is 1. The van der Waals surface area contributed by atoms with Gasteiger partial charge in [-0.15, -0.1) is 0 Å². The zero-order chi connectivity index (χ0) is 19.3. The molecule has 1 saturated heterocycles. The van der Waals surface area contributed by atoms with E-state index in [1.807, 2.05) is 24.3 Å². The van der Waals surface area contributed by atoms with Crippen molar-refractivity contribution in [1.29, 1.82) is 0 Å². The van der Waals surface area contributed by atoms with Crippen LogP contribution < -0.4 is 4.90 Å². The third-order valence-electron chi connectivity index (χ3n) is 5.71. The van der Waals surface area contributed by atoms with E-state index in [-0.39, 0.29) is 10.8 Å². The molecule has 2 aromatic carbocycles. The number of carbonyl (C=O) groups excluding carboxylic acids is 1. The van der Waals surface area contributed by atoms with E-state index in [9.17, 15) is 13.2 Å². The summed E-state index contributed by atoms with van der Waals surface area (Å²) in [5.41, 5.74) is 3.99. The Morgan fingerprint density at radius 1 is 0.929 bits per heavy atom. The topological polar surface area (TPSA) is 73.5 Å². The lowest BCUT2D eigenvalue weighted by atomic mass is 10.1. The number of aromatic amines is 1. The van der Waals surface area contributed by atoms with Gasteiger partial charge in [-0.25, -0.2) is 8.42 Å². The summed E-state index contributed by atoms with van der Waals surface area (Å²) in [6.45, 7) is 1.52. The van der Waals surface area contributed by atoms with Gasteiger partial charge in [0.2, 0.25) is 15.9 Å². The minimum Gasteiger partial charge on any atom is -0.358 e. The maximum absolute atomic E-state index is 13.2. The van der Waals surface area contributed by atoms with Crippen molar-refractivity contribution >= 4 is 32.5 Å². The number of rotatable bonds is 3. The molecule has 6 nitrogen and oxygen atoms in total. The lowest BCUT2D eigenvalue weighted by Crippen LogP contribution is -2.35. The third-order valence-corrected chi connectivity index (χ3v) is 7.57. The number of nitrogens with one attached hydrogen (secondary N) is 1. The van der Waals surface area contributed by atoms with Gasteiger partial charge in [0.1, 0.15) is 0 Å². The lowest BCUT2D eigenvalue weighted by Gasteiger charge is -2.26. The molecular weight excluding hydrogens is 374 g/mol. The Morgan fingerprint density at radius 3 is 2.46 bits per heavy atom. The molecule has 0 radical (unpaired) electrons. The van der Waals surface area contributed by atoms with Gasteiger partial charge in [-0.3, -0.25) is 4.79 Å². The molecule has 0 spiro atoms. The molecule has 2 aliphatic heterocycles. The number of nitrogens with zero attached hydrogens (tertiary/aromatic N) is 2. The first-order valence-electron chi connectivity index (χ1n) is 9.53. The molecule has 7 heteroatoms. The molecule has 144 valence electrons. The molecule has 1 N–H and O–H groups in total. The first kappa shape index (κ1) is 17.5. The SMILES string of the molecule is O=C1CCCN1c1ccc(S(=O)(=O)N2CCc3[nH]c4ccccc4c3C2)cc1. The van der Waals surface area contributed by atoms with Crippen LogP contribution in [0.25, 0.3) is 10.9 Å². The van der Waals surface area contributed by atoms with Crippen LogP contribution in [-0.2, 0) is 27.8 Å². The Hall–Kier alpha value is -2.64. The van der Waals surface area contributed by atoms with E-state index in [1.165, 1.54) is 0 Å². The second kappa shape index (κ2) is 6.46. The van der Waals surface area contributed by atoms with Crippen LogP contribution >= 0.6 is 0 Å². The minimum absolute atomic E-state index is 0.0958. The Labute approximate surface area is 163 Å². The van der Waals surface area contributed by atoms with Gasteiger partial charge in [0.15, 0.2) is 0 Å². The number of sulfonamides is 1. The zero-order valence-electron chi connectivity index (χ0n) is 15.4. The van der Waals surface area contributed by atoms with Gasteiger partial charge < -0.3 is 9.88 Å². The molecule has 0 aliphatic carbocycles. The fourth-order valence-electron chi connectivity index (χ4n) is 4.22. The summed E-state index contributed by atoms with van der Waals surface area (Å²) >= 11 is 0. The lowest BCUT2D eigenvalue weighted by molar-refractivity contribution is -0.117. The Morgan fingerprint density at radius 2 is 1.71 bits per heavy atom. The molecule has 1 aromatic heterocycles. The number of fused-ring (bicyclic) bond motifs is 3. The molecule has 0 saturated carbocycles. The number of hydrogen-bond donors (Lipinski definition) is 1. The Balaban J connectivity index is 1.43. The van der Waals surface area contributed by atoms with Crippen molar-refractivity contribution in [3.05, 3.63) is 59.8 Å². The van der Waals surface area contributed by atoms with Crippen LogP contribution in [0.1, 0.15) is 24.1 Å². The van der Waals surface area contributed by atoms with E-state index in [4.69, 9.17) is 0 Å². The highest BCUT2D eigenvalue weighted by atomic mass is 32.2. The quantitative estimate of drug-likeness (QED) is 0.741. The molecule has 28 heavy (non-hydrogen) atoms. The highest BCUT2D eigenvalue weighted by Gasteiger charge is 2.30. The van der Waals surface area contributed by atoms with Crippen LogP contribution in [0.5, 0.6) is 0 Å². The summed E-state index contributed by atoms with van der Waals surface area (Å²) in [6, 6.07) is 14.7. The van der Waals surface area contributed by atoms with Crippen molar-refractivity contribution in [2.24, 2.45) is 0 Å². The number of carbonyl (C=O) groups is 1. The summed E-state index contributed by atoms with van der Waals surface area (Å²) < 4.78 is 27.9. The predicted molar refractivity (Wildman–Crippen MR) is 108 cm³/mol. The maximum Gasteiger partial charge on any atom is 0.243 e. The maximum atomic E-state index is 13.2. The average Bonchev–Trinajstić information content (AvgIpc) is 3.31. The van der Waals surface area contributed by atoms with Crippen molar-refractivity contribution in [3.63, 3.8) is 0 Å². The highest BCUT2D eigenvalue weighted by molar-refractivity contribution is 7.89. The molecule has 1 amide bonds. The van der Waals surface area contributed by atoms with E-state index in [0.717, 1.165) is 34.3 Å². The fraction of sp³-hybridized carbons (Fsp3) is 0.286. The molecule has 0 unspecified atom stereocenters. The van der Waals surface area contributed by atoms with Gasteiger partial charge in [0.25, 0.3) is 0 Å². The average molecular weight is 395 g/mol. The number of anilines is 1. The van der Waals surface area contributed by atoms with Crippen molar-refractivity contribution in [2.75, 3.05) is 18.0 Å². The van der Waals surface area contributed by atoms with Gasteiger partial charge in [0.05, 0.1) is 4.90 Å². The smallest absolute Gasteiger partial charge is 0.243 e. The van der Waals surface area contributed by atoms with Crippen LogP contribution in [0.3, 0.4) is 0 Å². The van der Waals surface area contributed by atoms with E-state index in [0.29, 0.717) is 32.5 Å². The third kappa shape index (κ3) is 2.73. The van der Waals surface area contributed by atoms with Crippen molar-refractivity contribution in [3.8, 4) is 0 Å². The van der Waals surface area contributed by atoms with E-state index in [2.05, 4.69) is 4.98 Å². The van der Waals surface area contributed by atoms with Crippen molar-refractivity contribution < 1.29 is 13.2 Å². The second-order valence-electron chi connectivity index (χ2n) is 7.36. The molecule has 1 fully saturated rings. The summed E-state index contributed by atoms with van der Waals surface area (Å²) in [5, 5.41) is 1.08. The first-order chi connectivity index (χ1) is 13.5. The van der Waals surface area contributed by atoms with Crippen LogP contribution in [0, 0.1) is 0 Å². The molecule has 2 aliphatic rings. The fourth-order valence-corrected chi connectivity index (χ4v) is 5.62. The van der Waals surface area contributed by atoms with Crippen LogP contribution in [-0.4, -0.2) is 36.7 Å². The number of para-hydroxylation sites is 1. The standard InChI is InChI=1S/C21H21N3O3S/c25-21-6-3-12-24(21)15-7-9-16(10-8-15)28(26,27)23-13-11-20-18(14-23)17-4-1-2-5-19(17)22-20/h1-2,4-5,7-10,22H,3,6,11-14H2. The number of aromatic nitrogens is 1. The normalized spacial score (nSPS) is 18.0. The second-order valence-corrected chi connectivity index (χ2v) is 9.30. The summed E-state index contributed by atoms with van der Waals surface area (Å²) in [4.78, 5) is 17.3. The van der Waals surface area contributed by atoms with Gasteiger partial charge in [-0.05, 0) is 42.3 Å². The summed E-state index contributed by atoms with van der Waals surface area (Å²) in [5.74, 6) is 0.0958. The zero-order valence-corrected chi connectivity index (χ0v) is 16.2. The van der Waals surface area contributed by atoms with Gasteiger partial charge in [0, 0.05) is 54.8 Å². The number of hydrogen-bond acceptors (Lipinski definition) is 3. The van der Waals surface area contributed by atoms with E-state index in [1.54, 1.807) is 33.5 Å².